The monoisotopic (exact) mass is 227 g/mol. The largest absolute Gasteiger partial charge is 0.397 e. The molecule has 0 radical (unpaired) electrons. The van der Waals surface area contributed by atoms with Crippen LogP contribution in [0.4, 0.5) is 11.4 Å². The molecule has 0 aliphatic rings. The third kappa shape index (κ3) is 2.52. The molecule has 17 heavy (non-hydrogen) atoms. The van der Waals surface area contributed by atoms with Crippen molar-refractivity contribution in [3.63, 3.8) is 0 Å². The minimum atomic E-state index is 0.0242. The second-order valence-electron chi connectivity index (χ2n) is 3.53. The second-order valence-corrected chi connectivity index (χ2v) is 3.53. The Morgan fingerprint density at radius 2 is 1.94 bits per heavy atom. The lowest BCUT2D eigenvalue weighted by atomic mass is 10.1. The van der Waals surface area contributed by atoms with Gasteiger partial charge in [0.25, 0.3) is 0 Å². The summed E-state index contributed by atoms with van der Waals surface area (Å²) in [5.74, 6) is 0.0242. The van der Waals surface area contributed by atoms with Crippen molar-refractivity contribution in [3.8, 4) is 11.3 Å². The molecule has 86 valence electrons. The van der Waals surface area contributed by atoms with E-state index in [0.29, 0.717) is 11.4 Å². The SMILES string of the molecule is NC(N)=Nc1cccc(-c2ncccc2N)c1. The van der Waals surface area contributed by atoms with Gasteiger partial charge in [-0.3, -0.25) is 4.98 Å². The number of rotatable bonds is 2. The normalized spacial score (nSPS) is 9.88. The molecular weight excluding hydrogens is 214 g/mol. The highest BCUT2D eigenvalue weighted by atomic mass is 15.0. The molecule has 0 bridgehead atoms. The summed E-state index contributed by atoms with van der Waals surface area (Å²) in [5, 5.41) is 0. The van der Waals surface area contributed by atoms with E-state index >= 15 is 0 Å². The van der Waals surface area contributed by atoms with Crippen molar-refractivity contribution in [1.29, 1.82) is 0 Å². The van der Waals surface area contributed by atoms with Gasteiger partial charge in [-0.25, -0.2) is 4.99 Å². The molecule has 5 heteroatoms. The lowest BCUT2D eigenvalue weighted by Gasteiger charge is -2.04. The van der Waals surface area contributed by atoms with Crippen molar-refractivity contribution in [3.05, 3.63) is 42.6 Å². The number of anilines is 1. The van der Waals surface area contributed by atoms with E-state index < -0.39 is 0 Å². The highest BCUT2D eigenvalue weighted by Crippen LogP contribution is 2.26. The van der Waals surface area contributed by atoms with E-state index in [-0.39, 0.29) is 5.96 Å². The van der Waals surface area contributed by atoms with E-state index in [4.69, 9.17) is 17.2 Å². The fourth-order valence-electron chi connectivity index (χ4n) is 1.53. The zero-order chi connectivity index (χ0) is 12.3. The van der Waals surface area contributed by atoms with Crippen molar-refractivity contribution < 1.29 is 0 Å². The van der Waals surface area contributed by atoms with Crippen molar-refractivity contribution in [1.82, 2.24) is 4.98 Å². The number of benzene rings is 1. The highest BCUT2D eigenvalue weighted by molar-refractivity contribution is 5.80. The molecule has 0 saturated heterocycles. The predicted molar refractivity (Wildman–Crippen MR) is 69.6 cm³/mol. The van der Waals surface area contributed by atoms with Crippen molar-refractivity contribution in [2.45, 2.75) is 0 Å². The number of aliphatic imine (C=N–C) groups is 1. The van der Waals surface area contributed by atoms with Gasteiger partial charge in [0.2, 0.25) is 0 Å². The lowest BCUT2D eigenvalue weighted by molar-refractivity contribution is 1.32. The van der Waals surface area contributed by atoms with Gasteiger partial charge in [-0.05, 0) is 24.3 Å². The molecule has 0 amide bonds. The zero-order valence-corrected chi connectivity index (χ0v) is 9.17. The first-order valence-corrected chi connectivity index (χ1v) is 5.07. The van der Waals surface area contributed by atoms with E-state index in [0.717, 1.165) is 11.3 Å². The summed E-state index contributed by atoms with van der Waals surface area (Å²) in [6, 6.07) is 11.0. The molecule has 0 saturated carbocycles. The molecule has 0 spiro atoms. The Labute approximate surface area is 99.0 Å². The third-order valence-electron chi connectivity index (χ3n) is 2.22. The number of pyridine rings is 1. The van der Waals surface area contributed by atoms with Gasteiger partial charge < -0.3 is 17.2 Å². The fourth-order valence-corrected chi connectivity index (χ4v) is 1.53. The van der Waals surface area contributed by atoms with Crippen LogP contribution in [0.25, 0.3) is 11.3 Å². The van der Waals surface area contributed by atoms with Crippen LogP contribution in [0.15, 0.2) is 47.6 Å². The maximum atomic E-state index is 5.86. The maximum Gasteiger partial charge on any atom is 0.191 e. The predicted octanol–water partition coefficient (Wildman–Crippen LogP) is 1.24. The van der Waals surface area contributed by atoms with Crippen LogP contribution in [0.1, 0.15) is 0 Å². The molecule has 0 aliphatic carbocycles. The molecule has 2 aromatic rings. The fraction of sp³-hybridized carbons (Fsp3) is 0. The Bertz CT molecular complexity index is 558. The van der Waals surface area contributed by atoms with E-state index in [2.05, 4.69) is 9.98 Å². The molecule has 6 N–H and O–H groups in total. The van der Waals surface area contributed by atoms with Crippen molar-refractivity contribution >= 4 is 17.3 Å². The number of aromatic nitrogens is 1. The van der Waals surface area contributed by atoms with Gasteiger partial charge in [-0.2, -0.15) is 0 Å². The average molecular weight is 227 g/mol. The molecule has 5 nitrogen and oxygen atoms in total. The molecule has 1 heterocycles. The van der Waals surface area contributed by atoms with Crippen LogP contribution < -0.4 is 17.2 Å². The Morgan fingerprint density at radius 3 is 2.65 bits per heavy atom. The van der Waals surface area contributed by atoms with Crippen LogP contribution in [0, 0.1) is 0 Å². The number of guanidine groups is 1. The first-order chi connectivity index (χ1) is 8.16. The van der Waals surface area contributed by atoms with E-state index in [1.165, 1.54) is 0 Å². The molecular formula is C12H13N5. The summed E-state index contributed by atoms with van der Waals surface area (Å²) in [7, 11) is 0. The summed E-state index contributed by atoms with van der Waals surface area (Å²) in [6.07, 6.45) is 1.69. The standard InChI is InChI=1S/C12H13N5/c13-10-5-2-6-16-11(10)8-3-1-4-9(7-8)17-12(14)15/h1-7H,13H2,(H4,14,15,17). The van der Waals surface area contributed by atoms with Gasteiger partial charge in [0.05, 0.1) is 17.1 Å². The Balaban J connectivity index is 2.47. The smallest absolute Gasteiger partial charge is 0.191 e. The third-order valence-corrected chi connectivity index (χ3v) is 2.22. The van der Waals surface area contributed by atoms with Crippen LogP contribution in [0.2, 0.25) is 0 Å². The van der Waals surface area contributed by atoms with Crippen LogP contribution in [0.3, 0.4) is 0 Å². The second kappa shape index (κ2) is 4.52. The minimum absolute atomic E-state index is 0.0242. The summed E-state index contributed by atoms with van der Waals surface area (Å²) in [6.45, 7) is 0. The van der Waals surface area contributed by atoms with Crippen LogP contribution in [0.5, 0.6) is 0 Å². The van der Waals surface area contributed by atoms with E-state index in [1.54, 1.807) is 18.3 Å². The summed E-state index contributed by atoms with van der Waals surface area (Å²) in [5.41, 5.74) is 19.4. The topological polar surface area (TPSA) is 103 Å². The first kappa shape index (κ1) is 10.9. The number of hydrogen-bond donors (Lipinski definition) is 3. The van der Waals surface area contributed by atoms with Gasteiger partial charge in [-0.15, -0.1) is 0 Å². The van der Waals surface area contributed by atoms with Gasteiger partial charge >= 0.3 is 0 Å². The molecule has 0 fully saturated rings. The summed E-state index contributed by atoms with van der Waals surface area (Å²) in [4.78, 5) is 8.21. The van der Waals surface area contributed by atoms with Crippen LogP contribution >= 0.6 is 0 Å². The maximum absolute atomic E-state index is 5.86. The molecule has 2 rings (SSSR count). The van der Waals surface area contributed by atoms with Gasteiger partial charge in [0.15, 0.2) is 5.96 Å². The Morgan fingerprint density at radius 1 is 1.12 bits per heavy atom. The van der Waals surface area contributed by atoms with Gasteiger partial charge in [-0.1, -0.05) is 12.1 Å². The van der Waals surface area contributed by atoms with Crippen LogP contribution in [-0.4, -0.2) is 10.9 Å². The molecule has 1 aromatic carbocycles. The van der Waals surface area contributed by atoms with Gasteiger partial charge in [0.1, 0.15) is 0 Å². The van der Waals surface area contributed by atoms with Gasteiger partial charge in [0, 0.05) is 11.8 Å². The van der Waals surface area contributed by atoms with Crippen LogP contribution in [-0.2, 0) is 0 Å². The summed E-state index contributed by atoms with van der Waals surface area (Å²) < 4.78 is 0. The molecule has 1 aromatic heterocycles. The Kier molecular flexibility index (Phi) is 2.91. The number of nitrogens with two attached hydrogens (primary N) is 3. The average Bonchev–Trinajstić information content (AvgIpc) is 2.29. The quantitative estimate of drug-likeness (QED) is 0.530. The number of nitrogen functional groups attached to an aromatic ring is 1. The minimum Gasteiger partial charge on any atom is -0.397 e. The molecule has 0 aliphatic heterocycles. The zero-order valence-electron chi connectivity index (χ0n) is 9.17. The summed E-state index contributed by atoms with van der Waals surface area (Å²) >= 11 is 0. The lowest BCUT2D eigenvalue weighted by Crippen LogP contribution is -2.21. The van der Waals surface area contributed by atoms with E-state index in [9.17, 15) is 0 Å². The molecule has 0 unspecified atom stereocenters. The number of hydrogen-bond acceptors (Lipinski definition) is 3. The molecule has 0 atom stereocenters. The van der Waals surface area contributed by atoms with Crippen molar-refractivity contribution in [2.24, 2.45) is 16.5 Å². The highest BCUT2D eigenvalue weighted by Gasteiger charge is 2.03. The first-order valence-electron chi connectivity index (χ1n) is 5.07. The van der Waals surface area contributed by atoms with Crippen molar-refractivity contribution in [2.75, 3.05) is 5.73 Å². The number of nitrogens with zero attached hydrogens (tertiary/aromatic N) is 2. The van der Waals surface area contributed by atoms with E-state index in [1.807, 2.05) is 24.3 Å². The Hall–Kier alpha value is -2.56.